The number of rotatable bonds is 6. The number of pyridine rings is 1. The van der Waals surface area contributed by atoms with Gasteiger partial charge in [0.25, 0.3) is 0 Å². The average Bonchev–Trinajstić information content (AvgIpc) is 2.41. The van der Waals surface area contributed by atoms with Crippen molar-refractivity contribution >= 4 is 23.3 Å². The Hall–Kier alpha value is -1.34. The molecule has 1 saturated carbocycles. The number of thioether (sulfide) groups is 1. The molecule has 2 rings (SSSR count). The average molecular weight is 297 g/mol. The highest BCUT2D eigenvalue weighted by atomic mass is 32.2. The van der Waals surface area contributed by atoms with E-state index >= 15 is 0 Å². The van der Waals surface area contributed by atoms with Crippen molar-refractivity contribution < 1.29 is 10.0 Å². The molecule has 0 aliphatic heterocycles. The van der Waals surface area contributed by atoms with Crippen LogP contribution in [0.15, 0.2) is 12.3 Å². The van der Waals surface area contributed by atoms with Gasteiger partial charge in [0.15, 0.2) is 0 Å². The molecule has 6 nitrogen and oxygen atoms in total. The lowest BCUT2D eigenvalue weighted by Gasteiger charge is -2.45. The van der Waals surface area contributed by atoms with Crippen LogP contribution in [0.4, 0.5) is 11.5 Å². The summed E-state index contributed by atoms with van der Waals surface area (Å²) in [5.74, 6) is 1.18. The molecule has 1 aromatic heterocycles. The summed E-state index contributed by atoms with van der Waals surface area (Å²) in [5, 5.41) is 24.6. The van der Waals surface area contributed by atoms with Gasteiger partial charge in [-0.1, -0.05) is 6.92 Å². The summed E-state index contributed by atoms with van der Waals surface area (Å²) in [5.41, 5.74) is -0.0992. The second-order valence-electron chi connectivity index (χ2n) is 5.08. The first-order valence-corrected chi connectivity index (χ1v) is 7.70. The molecule has 0 amide bonds. The first-order valence-electron chi connectivity index (χ1n) is 6.65. The summed E-state index contributed by atoms with van der Waals surface area (Å²) < 4.78 is 0. The molecule has 0 aromatic carbocycles. The van der Waals surface area contributed by atoms with Crippen molar-refractivity contribution in [2.75, 3.05) is 17.6 Å². The van der Waals surface area contributed by atoms with Gasteiger partial charge in [0.2, 0.25) is 5.82 Å². The van der Waals surface area contributed by atoms with Gasteiger partial charge >= 0.3 is 5.69 Å². The van der Waals surface area contributed by atoms with Gasteiger partial charge in [-0.2, -0.15) is 11.8 Å². The monoisotopic (exact) mass is 297 g/mol. The summed E-state index contributed by atoms with van der Waals surface area (Å²) >= 11 is 1.73. The molecule has 2 N–H and O–H groups in total. The fourth-order valence-electron chi connectivity index (χ4n) is 2.30. The zero-order valence-electron chi connectivity index (χ0n) is 11.6. The third-order valence-electron chi connectivity index (χ3n) is 3.57. The second-order valence-corrected chi connectivity index (χ2v) is 6.56. The van der Waals surface area contributed by atoms with Crippen LogP contribution in [0, 0.1) is 17.0 Å². The molecule has 1 fully saturated rings. The van der Waals surface area contributed by atoms with Gasteiger partial charge in [-0.25, -0.2) is 4.98 Å². The van der Waals surface area contributed by atoms with E-state index in [9.17, 15) is 15.2 Å². The molecule has 1 heterocycles. The number of nitrogens with one attached hydrogen (secondary N) is 1. The third kappa shape index (κ3) is 3.04. The Bertz CT molecular complexity index is 512. The maximum absolute atomic E-state index is 11.0. The fraction of sp³-hybridized carbons (Fsp3) is 0.615. The standard InChI is InChI=1S/C13H19N3O3S/c1-3-20-11-4-5-13(11,17)8-15-12-10(16(18)19)6-9(2)7-14-12/h6-7,11,17H,3-5,8H2,1-2H3,(H,14,15). The highest BCUT2D eigenvalue weighted by molar-refractivity contribution is 8.00. The zero-order valence-corrected chi connectivity index (χ0v) is 12.4. The van der Waals surface area contributed by atoms with Crippen LogP contribution in [0.5, 0.6) is 0 Å². The van der Waals surface area contributed by atoms with E-state index in [0.29, 0.717) is 6.54 Å². The normalized spacial score (nSPS) is 25.1. The van der Waals surface area contributed by atoms with Crippen molar-refractivity contribution in [3.05, 3.63) is 27.9 Å². The number of nitro groups is 1. The van der Waals surface area contributed by atoms with Crippen molar-refractivity contribution in [2.24, 2.45) is 0 Å². The molecule has 2 unspecified atom stereocenters. The molecule has 1 aliphatic rings. The van der Waals surface area contributed by atoms with E-state index in [1.54, 1.807) is 24.9 Å². The Balaban J connectivity index is 2.06. The van der Waals surface area contributed by atoms with E-state index in [2.05, 4.69) is 17.2 Å². The Kier molecular flexibility index (Phi) is 4.49. The van der Waals surface area contributed by atoms with Crippen LogP contribution in [0.1, 0.15) is 25.3 Å². The number of hydrogen-bond acceptors (Lipinski definition) is 6. The van der Waals surface area contributed by atoms with Crippen LogP contribution in [-0.4, -0.2) is 38.2 Å². The number of nitrogens with zero attached hydrogens (tertiary/aromatic N) is 2. The van der Waals surface area contributed by atoms with Crippen LogP contribution >= 0.6 is 11.8 Å². The molecular formula is C13H19N3O3S. The van der Waals surface area contributed by atoms with Gasteiger partial charge in [-0.15, -0.1) is 0 Å². The minimum Gasteiger partial charge on any atom is -0.387 e. The smallest absolute Gasteiger partial charge is 0.311 e. The summed E-state index contributed by atoms with van der Waals surface area (Å²) in [6, 6.07) is 1.48. The number of hydrogen-bond donors (Lipinski definition) is 2. The van der Waals surface area contributed by atoms with E-state index in [4.69, 9.17) is 0 Å². The summed E-state index contributed by atoms with van der Waals surface area (Å²) in [6.07, 6.45) is 3.29. The van der Waals surface area contributed by atoms with Crippen LogP contribution in [0.2, 0.25) is 0 Å². The molecule has 0 bridgehead atoms. The van der Waals surface area contributed by atoms with Gasteiger partial charge < -0.3 is 10.4 Å². The zero-order chi connectivity index (χ0) is 14.8. The van der Waals surface area contributed by atoms with Gasteiger partial charge in [-0.3, -0.25) is 10.1 Å². The summed E-state index contributed by atoms with van der Waals surface area (Å²) in [4.78, 5) is 14.6. The van der Waals surface area contributed by atoms with Gasteiger partial charge in [0.05, 0.1) is 10.5 Å². The third-order valence-corrected chi connectivity index (χ3v) is 4.98. The lowest BCUT2D eigenvalue weighted by atomic mass is 9.79. The minimum absolute atomic E-state index is 0.0485. The molecule has 7 heteroatoms. The number of aliphatic hydroxyl groups is 1. The van der Waals surface area contributed by atoms with Crippen molar-refractivity contribution in [3.8, 4) is 0 Å². The maximum Gasteiger partial charge on any atom is 0.311 e. The summed E-state index contributed by atoms with van der Waals surface area (Å²) in [7, 11) is 0. The summed E-state index contributed by atoms with van der Waals surface area (Å²) in [6.45, 7) is 4.11. The van der Waals surface area contributed by atoms with Gasteiger partial charge in [-0.05, 0) is 31.1 Å². The lowest BCUT2D eigenvalue weighted by Crippen LogP contribution is -2.54. The molecule has 1 aliphatic carbocycles. The molecule has 1 aromatic rings. The van der Waals surface area contributed by atoms with Crippen molar-refractivity contribution in [1.29, 1.82) is 0 Å². The van der Waals surface area contributed by atoms with Crippen LogP contribution < -0.4 is 5.32 Å². The minimum atomic E-state index is -0.791. The van der Waals surface area contributed by atoms with E-state index in [-0.39, 0.29) is 16.8 Å². The van der Waals surface area contributed by atoms with E-state index in [1.165, 1.54) is 6.07 Å². The highest BCUT2D eigenvalue weighted by Gasteiger charge is 2.45. The topological polar surface area (TPSA) is 88.3 Å². The SMILES string of the molecule is CCSC1CCC1(O)CNc1ncc(C)cc1[N+](=O)[O-]. The second kappa shape index (κ2) is 5.97. The Labute approximate surface area is 122 Å². The molecule has 20 heavy (non-hydrogen) atoms. The Morgan fingerprint density at radius 1 is 1.70 bits per heavy atom. The van der Waals surface area contributed by atoms with Gasteiger partial charge in [0.1, 0.15) is 0 Å². The number of anilines is 1. The van der Waals surface area contributed by atoms with Gasteiger partial charge in [0, 0.05) is 24.1 Å². The number of aryl methyl sites for hydroxylation is 1. The Morgan fingerprint density at radius 3 is 3.00 bits per heavy atom. The lowest BCUT2D eigenvalue weighted by molar-refractivity contribution is -0.384. The Morgan fingerprint density at radius 2 is 2.45 bits per heavy atom. The fourth-order valence-corrected chi connectivity index (χ4v) is 3.50. The molecule has 110 valence electrons. The van der Waals surface area contributed by atoms with E-state index < -0.39 is 10.5 Å². The van der Waals surface area contributed by atoms with Crippen molar-refractivity contribution in [2.45, 2.75) is 37.5 Å². The van der Waals surface area contributed by atoms with E-state index in [0.717, 1.165) is 24.2 Å². The van der Waals surface area contributed by atoms with Crippen LogP contribution in [-0.2, 0) is 0 Å². The highest BCUT2D eigenvalue weighted by Crippen LogP contribution is 2.41. The van der Waals surface area contributed by atoms with Crippen LogP contribution in [0.3, 0.4) is 0 Å². The van der Waals surface area contributed by atoms with Crippen molar-refractivity contribution in [3.63, 3.8) is 0 Å². The quantitative estimate of drug-likeness (QED) is 0.619. The molecule has 0 saturated heterocycles. The largest absolute Gasteiger partial charge is 0.387 e. The number of aromatic nitrogens is 1. The molecular weight excluding hydrogens is 278 g/mol. The maximum atomic E-state index is 11.0. The van der Waals surface area contributed by atoms with Crippen molar-refractivity contribution in [1.82, 2.24) is 4.98 Å². The predicted octanol–water partition coefficient (Wildman–Crippen LogP) is 2.36. The van der Waals surface area contributed by atoms with E-state index in [1.807, 2.05) is 0 Å². The molecule has 2 atom stereocenters. The molecule has 0 spiro atoms. The first kappa shape index (κ1) is 15.1. The van der Waals surface area contributed by atoms with Crippen LogP contribution in [0.25, 0.3) is 0 Å². The predicted molar refractivity (Wildman–Crippen MR) is 80.2 cm³/mol. The molecule has 0 radical (unpaired) electrons. The first-order chi connectivity index (χ1) is 9.46.